The maximum atomic E-state index is 12.9. The van der Waals surface area contributed by atoms with Gasteiger partial charge in [0.05, 0.1) is 16.6 Å². The van der Waals surface area contributed by atoms with Crippen LogP contribution in [-0.2, 0) is 18.4 Å². The average molecular weight is 385 g/mol. The summed E-state index contributed by atoms with van der Waals surface area (Å²) in [7, 11) is 1.87. The molecule has 0 aromatic carbocycles. The van der Waals surface area contributed by atoms with E-state index in [-0.39, 0.29) is 17.9 Å². The molecule has 0 saturated heterocycles. The zero-order valence-electron chi connectivity index (χ0n) is 15.9. The number of carbonyl (C=O) groups is 2. The molecule has 1 aliphatic heterocycles. The third kappa shape index (κ3) is 2.93. The van der Waals surface area contributed by atoms with Crippen molar-refractivity contribution >= 4 is 33.4 Å². The summed E-state index contributed by atoms with van der Waals surface area (Å²) in [4.78, 5) is 29.0. The molecule has 142 valence electrons. The minimum atomic E-state index is -0.578. The Morgan fingerprint density at radius 2 is 2.15 bits per heavy atom. The number of aryl methyl sites for hydroxylation is 2. The minimum absolute atomic E-state index is 0.00125. The summed E-state index contributed by atoms with van der Waals surface area (Å²) >= 11 is 1.39. The molecule has 1 N–H and O–H groups in total. The van der Waals surface area contributed by atoms with Crippen LogP contribution in [0.1, 0.15) is 40.9 Å². The van der Waals surface area contributed by atoms with Gasteiger partial charge in [-0.1, -0.05) is 0 Å². The lowest BCUT2D eigenvalue weighted by Crippen LogP contribution is -2.50. The first kappa shape index (κ1) is 17.8. The molecule has 0 bridgehead atoms. The van der Waals surface area contributed by atoms with E-state index in [9.17, 15) is 9.59 Å². The van der Waals surface area contributed by atoms with E-state index in [0.717, 1.165) is 28.1 Å². The third-order valence-electron chi connectivity index (χ3n) is 5.26. The number of hydrogen-bond donors (Lipinski definition) is 1. The number of fused-ring (bicyclic) bond motifs is 2. The standard InChI is InChI=1S/C19H23N5O2S/c1-11-14-10-16(27-19(14)22(4)21-11)17(25)20-12(2)18(26)24-9-8-23-7-5-6-15(23)13(24)3/h5-7,10,12-13H,8-9H2,1-4H3,(H,20,25)/t12-,13-/m1/s1. The van der Waals surface area contributed by atoms with Gasteiger partial charge >= 0.3 is 0 Å². The first-order valence-corrected chi connectivity index (χ1v) is 9.88. The number of carbonyl (C=O) groups excluding carboxylic acids is 2. The lowest BCUT2D eigenvalue weighted by molar-refractivity contribution is -0.136. The van der Waals surface area contributed by atoms with Gasteiger partial charge in [0.2, 0.25) is 5.91 Å². The van der Waals surface area contributed by atoms with E-state index in [1.165, 1.54) is 11.3 Å². The predicted octanol–water partition coefficient (Wildman–Crippen LogP) is 2.47. The van der Waals surface area contributed by atoms with Gasteiger partial charge in [-0.2, -0.15) is 5.10 Å². The summed E-state index contributed by atoms with van der Waals surface area (Å²) in [6.45, 7) is 7.13. The van der Waals surface area contributed by atoms with Crippen LogP contribution in [0.2, 0.25) is 0 Å². The molecule has 2 atom stereocenters. The number of hydrogen-bond acceptors (Lipinski definition) is 4. The lowest BCUT2D eigenvalue weighted by atomic mass is 10.1. The SMILES string of the molecule is Cc1nn(C)c2sc(C(=O)N[C@H](C)C(=O)N3CCn4cccc4[C@H]3C)cc12. The monoisotopic (exact) mass is 385 g/mol. The van der Waals surface area contributed by atoms with E-state index in [1.54, 1.807) is 11.6 Å². The number of nitrogens with one attached hydrogen (secondary N) is 1. The summed E-state index contributed by atoms with van der Waals surface area (Å²) in [5, 5.41) is 8.20. The van der Waals surface area contributed by atoms with E-state index in [4.69, 9.17) is 0 Å². The molecule has 0 aliphatic carbocycles. The first-order valence-electron chi connectivity index (χ1n) is 9.06. The van der Waals surface area contributed by atoms with Crippen molar-refractivity contribution < 1.29 is 9.59 Å². The molecule has 0 fully saturated rings. The van der Waals surface area contributed by atoms with Crippen LogP contribution in [0, 0.1) is 6.92 Å². The lowest BCUT2D eigenvalue weighted by Gasteiger charge is -2.36. The summed E-state index contributed by atoms with van der Waals surface area (Å²) in [5.41, 5.74) is 2.03. The van der Waals surface area contributed by atoms with Crippen molar-refractivity contribution in [3.63, 3.8) is 0 Å². The molecular weight excluding hydrogens is 362 g/mol. The van der Waals surface area contributed by atoms with Gasteiger partial charge < -0.3 is 14.8 Å². The second-order valence-electron chi connectivity index (χ2n) is 7.07. The fraction of sp³-hybridized carbons (Fsp3) is 0.421. The fourth-order valence-corrected chi connectivity index (χ4v) is 4.80. The molecule has 3 aromatic heterocycles. The smallest absolute Gasteiger partial charge is 0.262 e. The third-order valence-corrected chi connectivity index (χ3v) is 6.46. The number of nitrogens with zero attached hydrogens (tertiary/aromatic N) is 4. The summed E-state index contributed by atoms with van der Waals surface area (Å²) in [6.07, 6.45) is 2.04. The number of amides is 2. The quantitative estimate of drug-likeness (QED) is 0.753. The van der Waals surface area contributed by atoms with Gasteiger partial charge in [-0.25, -0.2) is 0 Å². The highest BCUT2D eigenvalue weighted by atomic mass is 32.1. The zero-order valence-corrected chi connectivity index (χ0v) is 16.7. The molecule has 8 heteroatoms. The molecule has 3 aromatic rings. The maximum Gasteiger partial charge on any atom is 0.262 e. The normalized spacial score (nSPS) is 17.8. The van der Waals surface area contributed by atoms with Gasteiger partial charge in [0.25, 0.3) is 5.91 Å². The molecule has 0 saturated carbocycles. The fourth-order valence-electron chi connectivity index (χ4n) is 3.78. The Morgan fingerprint density at radius 1 is 1.37 bits per heavy atom. The second-order valence-corrected chi connectivity index (χ2v) is 8.10. The van der Waals surface area contributed by atoms with Crippen molar-refractivity contribution in [3.8, 4) is 0 Å². The van der Waals surface area contributed by atoms with Gasteiger partial charge in [-0.15, -0.1) is 11.3 Å². The molecule has 1 aliphatic rings. The van der Waals surface area contributed by atoms with Gasteiger partial charge in [0.1, 0.15) is 10.9 Å². The zero-order chi connectivity index (χ0) is 19.3. The van der Waals surface area contributed by atoms with Crippen molar-refractivity contribution in [2.24, 2.45) is 7.05 Å². The molecule has 0 unspecified atom stereocenters. The van der Waals surface area contributed by atoms with Crippen LogP contribution in [0.5, 0.6) is 0 Å². The molecule has 0 radical (unpaired) electrons. The Bertz CT molecular complexity index is 996. The Labute approximate surface area is 161 Å². The van der Waals surface area contributed by atoms with E-state index < -0.39 is 6.04 Å². The topological polar surface area (TPSA) is 72.2 Å². The van der Waals surface area contributed by atoms with E-state index in [1.807, 2.05) is 50.2 Å². The predicted molar refractivity (Wildman–Crippen MR) is 105 cm³/mol. The molecule has 4 heterocycles. The highest BCUT2D eigenvalue weighted by Crippen LogP contribution is 2.28. The second kappa shape index (κ2) is 6.53. The van der Waals surface area contributed by atoms with Crippen molar-refractivity contribution in [3.05, 3.63) is 40.7 Å². The van der Waals surface area contributed by atoms with Gasteiger partial charge in [-0.3, -0.25) is 14.3 Å². The van der Waals surface area contributed by atoms with Crippen molar-refractivity contribution in [2.45, 2.75) is 39.4 Å². The van der Waals surface area contributed by atoms with Crippen LogP contribution in [0.3, 0.4) is 0 Å². The molecule has 2 amide bonds. The van der Waals surface area contributed by atoms with Gasteiger partial charge in [0, 0.05) is 37.4 Å². The van der Waals surface area contributed by atoms with Crippen LogP contribution >= 0.6 is 11.3 Å². The van der Waals surface area contributed by atoms with Crippen LogP contribution in [-0.4, -0.2) is 43.6 Å². The summed E-state index contributed by atoms with van der Waals surface area (Å²) in [5.74, 6) is -0.272. The number of rotatable bonds is 3. The maximum absolute atomic E-state index is 12.9. The van der Waals surface area contributed by atoms with E-state index >= 15 is 0 Å². The Balaban J connectivity index is 1.48. The van der Waals surface area contributed by atoms with Crippen LogP contribution in [0.15, 0.2) is 24.4 Å². The Morgan fingerprint density at radius 3 is 2.89 bits per heavy atom. The Kier molecular flexibility index (Phi) is 4.30. The van der Waals surface area contributed by atoms with Crippen LogP contribution in [0.4, 0.5) is 0 Å². The van der Waals surface area contributed by atoms with Crippen molar-refractivity contribution in [2.75, 3.05) is 6.54 Å². The van der Waals surface area contributed by atoms with Gasteiger partial charge in [0.15, 0.2) is 0 Å². The molecular formula is C19H23N5O2S. The number of aromatic nitrogens is 3. The summed E-state index contributed by atoms with van der Waals surface area (Å²) in [6, 6.07) is 5.32. The molecule has 7 nitrogen and oxygen atoms in total. The first-order chi connectivity index (χ1) is 12.9. The highest BCUT2D eigenvalue weighted by Gasteiger charge is 2.31. The number of thiophene rings is 1. The molecule has 27 heavy (non-hydrogen) atoms. The van der Waals surface area contributed by atoms with Crippen LogP contribution in [0.25, 0.3) is 10.2 Å². The summed E-state index contributed by atoms with van der Waals surface area (Å²) < 4.78 is 3.95. The van der Waals surface area contributed by atoms with Crippen molar-refractivity contribution in [1.82, 2.24) is 24.6 Å². The molecule has 0 spiro atoms. The van der Waals surface area contributed by atoms with E-state index in [2.05, 4.69) is 15.0 Å². The largest absolute Gasteiger partial charge is 0.348 e. The minimum Gasteiger partial charge on any atom is -0.348 e. The van der Waals surface area contributed by atoms with Gasteiger partial charge in [-0.05, 0) is 39.0 Å². The van der Waals surface area contributed by atoms with Crippen molar-refractivity contribution in [1.29, 1.82) is 0 Å². The highest BCUT2D eigenvalue weighted by molar-refractivity contribution is 7.20. The van der Waals surface area contributed by atoms with Crippen LogP contribution < -0.4 is 5.32 Å². The molecule has 4 rings (SSSR count). The average Bonchev–Trinajstić information content (AvgIpc) is 3.33. The van der Waals surface area contributed by atoms with E-state index in [0.29, 0.717) is 11.4 Å². The Hall–Kier alpha value is -2.61.